The van der Waals surface area contributed by atoms with Crippen LogP contribution in [0.4, 0.5) is 4.39 Å². The second kappa shape index (κ2) is 10.1. The molecule has 0 aromatic heterocycles. The van der Waals surface area contributed by atoms with Crippen molar-refractivity contribution in [1.29, 1.82) is 0 Å². The predicted molar refractivity (Wildman–Crippen MR) is 121 cm³/mol. The van der Waals surface area contributed by atoms with Crippen molar-refractivity contribution in [3.05, 3.63) is 65.5 Å². The van der Waals surface area contributed by atoms with E-state index in [9.17, 15) is 14.0 Å². The first-order chi connectivity index (χ1) is 16.0. The molecule has 0 bridgehead atoms. The van der Waals surface area contributed by atoms with Crippen LogP contribution in [-0.4, -0.2) is 61.4 Å². The highest BCUT2D eigenvalue weighted by Gasteiger charge is 2.38. The van der Waals surface area contributed by atoms with Gasteiger partial charge < -0.3 is 14.4 Å². The van der Waals surface area contributed by atoms with Crippen LogP contribution in [0, 0.1) is 11.7 Å². The van der Waals surface area contributed by atoms with Crippen molar-refractivity contribution in [3.8, 4) is 5.75 Å². The zero-order valence-corrected chi connectivity index (χ0v) is 18.9. The molecular weight excluding hydrogens is 425 g/mol. The molecule has 1 heterocycles. The van der Waals surface area contributed by atoms with Crippen LogP contribution in [0.1, 0.15) is 36.4 Å². The Labute approximate surface area is 192 Å². The molecule has 174 valence electrons. The van der Waals surface area contributed by atoms with Gasteiger partial charge in [-0.15, -0.1) is 0 Å². The number of hydrazone groups is 1. The quantitative estimate of drug-likeness (QED) is 0.584. The number of amides is 2. The topological polar surface area (TPSA) is 71.4 Å². The minimum atomic E-state index is -0.597. The average molecular weight is 454 g/mol. The molecule has 2 aromatic rings. The van der Waals surface area contributed by atoms with E-state index >= 15 is 0 Å². The fourth-order valence-corrected chi connectivity index (χ4v) is 4.00. The molecule has 0 spiro atoms. The highest BCUT2D eigenvalue weighted by Crippen LogP contribution is 2.35. The molecule has 1 aliphatic carbocycles. The lowest BCUT2D eigenvalue weighted by Crippen LogP contribution is -2.43. The summed E-state index contributed by atoms with van der Waals surface area (Å²) in [6.45, 7) is 0.529. The Bertz CT molecular complexity index is 1050. The van der Waals surface area contributed by atoms with Crippen molar-refractivity contribution >= 4 is 17.5 Å². The minimum Gasteiger partial charge on any atom is -0.497 e. The van der Waals surface area contributed by atoms with Gasteiger partial charge in [0.15, 0.2) is 0 Å². The molecule has 0 radical (unpaired) electrons. The summed E-state index contributed by atoms with van der Waals surface area (Å²) in [5.41, 5.74) is 1.85. The lowest BCUT2D eigenvalue weighted by molar-refractivity contribution is -0.142. The van der Waals surface area contributed by atoms with E-state index in [0.29, 0.717) is 36.6 Å². The van der Waals surface area contributed by atoms with E-state index in [4.69, 9.17) is 9.47 Å². The molecular formula is C25H28FN3O4. The SMILES string of the molecule is COCCN(CC(=O)N1N=C(c2cccc(OC)c2)C[C@@H]1c1ccccc1F)C(=O)C1CC1. The van der Waals surface area contributed by atoms with Crippen LogP contribution in [0.15, 0.2) is 53.6 Å². The van der Waals surface area contributed by atoms with Crippen LogP contribution in [0.25, 0.3) is 0 Å². The third-order valence-electron chi connectivity index (χ3n) is 5.96. The summed E-state index contributed by atoms with van der Waals surface area (Å²) in [6, 6.07) is 13.2. The Kier molecular flexibility index (Phi) is 7.03. The third kappa shape index (κ3) is 5.22. The van der Waals surface area contributed by atoms with Gasteiger partial charge in [0.05, 0.1) is 25.5 Å². The fourth-order valence-electron chi connectivity index (χ4n) is 4.00. The molecule has 0 saturated heterocycles. The second-order valence-corrected chi connectivity index (χ2v) is 8.29. The van der Waals surface area contributed by atoms with Gasteiger partial charge in [0, 0.05) is 37.1 Å². The molecule has 33 heavy (non-hydrogen) atoms. The standard InChI is InChI=1S/C25H28FN3O4/c1-32-13-12-28(25(31)17-10-11-17)16-24(30)29-23(20-8-3-4-9-21(20)26)15-22(27-29)18-6-5-7-19(14-18)33-2/h3-9,14,17,23H,10-13,15-16H2,1-2H3/t23-/m1/s1. The number of carbonyl (C=O) groups is 2. The van der Waals surface area contributed by atoms with Crippen molar-refractivity contribution < 1.29 is 23.5 Å². The van der Waals surface area contributed by atoms with Crippen LogP contribution in [-0.2, 0) is 14.3 Å². The molecule has 0 unspecified atom stereocenters. The van der Waals surface area contributed by atoms with E-state index in [0.717, 1.165) is 18.4 Å². The molecule has 1 saturated carbocycles. The molecule has 8 heteroatoms. The van der Waals surface area contributed by atoms with Gasteiger partial charge >= 0.3 is 0 Å². The zero-order valence-electron chi connectivity index (χ0n) is 18.9. The summed E-state index contributed by atoms with van der Waals surface area (Å²) in [5.74, 6) is -0.146. The average Bonchev–Trinajstić information content (AvgIpc) is 3.59. The van der Waals surface area contributed by atoms with Crippen molar-refractivity contribution in [3.63, 3.8) is 0 Å². The van der Waals surface area contributed by atoms with Gasteiger partial charge in [-0.1, -0.05) is 30.3 Å². The smallest absolute Gasteiger partial charge is 0.262 e. The maximum absolute atomic E-state index is 14.7. The van der Waals surface area contributed by atoms with Crippen LogP contribution >= 0.6 is 0 Å². The molecule has 1 fully saturated rings. The highest BCUT2D eigenvalue weighted by molar-refractivity contribution is 6.03. The highest BCUT2D eigenvalue weighted by atomic mass is 19.1. The Hall–Kier alpha value is -3.26. The number of methoxy groups -OCH3 is 2. The second-order valence-electron chi connectivity index (χ2n) is 8.29. The van der Waals surface area contributed by atoms with E-state index in [1.54, 1.807) is 32.4 Å². The van der Waals surface area contributed by atoms with Crippen molar-refractivity contribution in [2.75, 3.05) is 33.9 Å². The number of ether oxygens (including phenoxy) is 2. The fraction of sp³-hybridized carbons (Fsp3) is 0.400. The number of rotatable bonds is 9. The minimum absolute atomic E-state index is 0.0218. The van der Waals surface area contributed by atoms with Gasteiger partial charge in [-0.2, -0.15) is 5.10 Å². The summed E-state index contributed by atoms with van der Waals surface area (Å²) in [5, 5.41) is 5.92. The van der Waals surface area contributed by atoms with Crippen molar-refractivity contribution in [2.24, 2.45) is 11.0 Å². The molecule has 0 N–H and O–H groups in total. The monoisotopic (exact) mass is 453 g/mol. The largest absolute Gasteiger partial charge is 0.497 e. The lowest BCUT2D eigenvalue weighted by atomic mass is 9.98. The predicted octanol–water partition coefficient (Wildman–Crippen LogP) is 3.40. The summed E-state index contributed by atoms with van der Waals surface area (Å²) in [6.07, 6.45) is 2.04. The van der Waals surface area contributed by atoms with E-state index in [1.165, 1.54) is 16.0 Å². The van der Waals surface area contributed by atoms with Crippen LogP contribution in [0.5, 0.6) is 5.75 Å². The Balaban J connectivity index is 1.62. The molecule has 7 nitrogen and oxygen atoms in total. The maximum Gasteiger partial charge on any atom is 0.262 e. The Morgan fingerprint density at radius 1 is 1.15 bits per heavy atom. The number of carbonyl (C=O) groups excluding carboxylic acids is 2. The third-order valence-corrected chi connectivity index (χ3v) is 5.96. The molecule has 1 aliphatic heterocycles. The number of hydrogen-bond acceptors (Lipinski definition) is 5. The van der Waals surface area contributed by atoms with E-state index in [1.807, 2.05) is 24.3 Å². The van der Waals surface area contributed by atoms with Crippen LogP contribution in [0.3, 0.4) is 0 Å². The van der Waals surface area contributed by atoms with Crippen LogP contribution in [0.2, 0.25) is 0 Å². The van der Waals surface area contributed by atoms with Gasteiger partial charge in [0.2, 0.25) is 5.91 Å². The number of benzene rings is 2. The van der Waals surface area contributed by atoms with Gasteiger partial charge in [-0.05, 0) is 31.0 Å². The molecule has 2 amide bonds. The Morgan fingerprint density at radius 3 is 2.64 bits per heavy atom. The van der Waals surface area contributed by atoms with Gasteiger partial charge in [0.25, 0.3) is 5.91 Å². The van der Waals surface area contributed by atoms with E-state index in [-0.39, 0.29) is 24.3 Å². The molecule has 2 aromatic carbocycles. The summed E-state index contributed by atoms with van der Waals surface area (Å²) < 4.78 is 25.1. The summed E-state index contributed by atoms with van der Waals surface area (Å²) >= 11 is 0. The van der Waals surface area contributed by atoms with Gasteiger partial charge in [0.1, 0.15) is 18.1 Å². The normalized spacial score (nSPS) is 17.6. The number of halogens is 1. The summed E-state index contributed by atoms with van der Waals surface area (Å²) in [7, 11) is 3.14. The van der Waals surface area contributed by atoms with Gasteiger partial charge in [-0.25, -0.2) is 9.40 Å². The first kappa shape index (κ1) is 22.9. The van der Waals surface area contributed by atoms with E-state index in [2.05, 4.69) is 5.10 Å². The molecule has 1 atom stereocenters. The number of nitrogens with zero attached hydrogens (tertiary/aromatic N) is 3. The first-order valence-electron chi connectivity index (χ1n) is 11.1. The molecule has 4 rings (SSSR count). The summed E-state index contributed by atoms with van der Waals surface area (Å²) in [4.78, 5) is 27.6. The lowest BCUT2D eigenvalue weighted by Gasteiger charge is -2.27. The van der Waals surface area contributed by atoms with Gasteiger partial charge in [-0.3, -0.25) is 9.59 Å². The maximum atomic E-state index is 14.7. The van der Waals surface area contributed by atoms with Crippen LogP contribution < -0.4 is 4.74 Å². The van der Waals surface area contributed by atoms with E-state index < -0.39 is 11.9 Å². The van der Waals surface area contributed by atoms with Crippen molar-refractivity contribution in [2.45, 2.75) is 25.3 Å². The van der Waals surface area contributed by atoms with Crippen molar-refractivity contribution in [1.82, 2.24) is 9.91 Å². The zero-order chi connectivity index (χ0) is 23.4. The first-order valence-corrected chi connectivity index (χ1v) is 11.1. The Morgan fingerprint density at radius 2 is 1.94 bits per heavy atom. The number of hydrogen-bond donors (Lipinski definition) is 0. The molecule has 2 aliphatic rings.